The first-order valence-electron chi connectivity index (χ1n) is 14.5. The number of aromatic nitrogens is 3. The van der Waals surface area contributed by atoms with E-state index in [1.807, 2.05) is 33.7 Å². The Morgan fingerprint density at radius 2 is 1.84 bits per heavy atom. The molecule has 1 fully saturated rings. The molecule has 0 radical (unpaired) electrons. The molecule has 4 aromatic rings. The van der Waals surface area contributed by atoms with Gasteiger partial charge in [-0.25, -0.2) is 14.4 Å². The number of aryl methyl sites for hydroxylation is 1. The number of nitrogens with one attached hydrogen (secondary N) is 1. The van der Waals surface area contributed by atoms with Crippen LogP contribution in [0.4, 0.5) is 15.2 Å². The summed E-state index contributed by atoms with van der Waals surface area (Å²) in [5.41, 5.74) is 4.25. The number of carbonyl (C=O) groups is 3. The minimum atomic E-state index is -1.04. The van der Waals surface area contributed by atoms with Crippen LogP contribution in [-0.4, -0.2) is 79.9 Å². The summed E-state index contributed by atoms with van der Waals surface area (Å²) in [7, 11) is 0. The van der Waals surface area contributed by atoms with E-state index in [1.165, 1.54) is 22.3 Å². The zero-order chi connectivity index (χ0) is 30.4. The van der Waals surface area contributed by atoms with Crippen molar-refractivity contribution in [3.63, 3.8) is 0 Å². The lowest BCUT2D eigenvalue weighted by Crippen LogP contribution is -2.47. The van der Waals surface area contributed by atoms with Gasteiger partial charge in [0.25, 0.3) is 11.8 Å². The molecule has 2 aromatic carbocycles. The molecule has 13 heteroatoms. The van der Waals surface area contributed by atoms with Gasteiger partial charge in [0.2, 0.25) is 0 Å². The van der Waals surface area contributed by atoms with Crippen LogP contribution in [0.1, 0.15) is 39.8 Å². The third-order valence-electron chi connectivity index (χ3n) is 8.58. The molecule has 11 nitrogen and oxygen atoms in total. The average molecular weight is 616 g/mol. The number of imidazole rings is 1. The lowest BCUT2D eigenvalue weighted by atomic mass is 9.99. The van der Waals surface area contributed by atoms with Crippen molar-refractivity contribution >= 4 is 39.9 Å². The summed E-state index contributed by atoms with van der Waals surface area (Å²) >= 11 is 1.28. The lowest BCUT2D eigenvalue weighted by molar-refractivity contribution is -0.138. The van der Waals surface area contributed by atoms with Crippen molar-refractivity contribution in [2.75, 3.05) is 42.9 Å². The Morgan fingerprint density at radius 1 is 1.05 bits per heavy atom. The molecule has 1 unspecified atom stereocenters. The molecular weight excluding hydrogens is 585 g/mol. The van der Waals surface area contributed by atoms with E-state index in [9.17, 15) is 14.4 Å². The van der Waals surface area contributed by atoms with Crippen LogP contribution in [0.2, 0.25) is 0 Å². The fourth-order valence-corrected chi connectivity index (χ4v) is 6.92. The maximum absolute atomic E-state index is 15.7. The van der Waals surface area contributed by atoms with Crippen LogP contribution in [0.5, 0.6) is 0 Å². The first-order chi connectivity index (χ1) is 21.4. The van der Waals surface area contributed by atoms with Crippen LogP contribution in [0.25, 0.3) is 11.1 Å². The van der Waals surface area contributed by atoms with E-state index in [1.54, 1.807) is 24.0 Å². The van der Waals surface area contributed by atoms with Gasteiger partial charge in [0, 0.05) is 66.8 Å². The highest BCUT2D eigenvalue weighted by Gasteiger charge is 2.42. The largest absolute Gasteiger partial charge is 0.480 e. The molecule has 1 atom stereocenters. The van der Waals surface area contributed by atoms with Crippen molar-refractivity contribution < 1.29 is 23.9 Å². The number of thiazole rings is 1. The molecule has 7 rings (SSSR count). The van der Waals surface area contributed by atoms with E-state index in [4.69, 9.17) is 5.11 Å². The van der Waals surface area contributed by atoms with Crippen LogP contribution < -0.4 is 10.2 Å². The van der Waals surface area contributed by atoms with Crippen molar-refractivity contribution in [3.05, 3.63) is 82.6 Å². The molecule has 3 aliphatic heterocycles. The lowest BCUT2D eigenvalue weighted by Gasteiger charge is -2.35. The number of fused-ring (bicyclic) bond motifs is 2. The maximum Gasteiger partial charge on any atom is 0.317 e. The predicted molar refractivity (Wildman–Crippen MR) is 162 cm³/mol. The van der Waals surface area contributed by atoms with Gasteiger partial charge in [-0.15, -0.1) is 11.3 Å². The van der Waals surface area contributed by atoms with Crippen molar-refractivity contribution in [1.82, 2.24) is 24.3 Å². The predicted octanol–water partition coefficient (Wildman–Crippen LogP) is 3.63. The van der Waals surface area contributed by atoms with Gasteiger partial charge in [0.1, 0.15) is 5.82 Å². The Bertz CT molecular complexity index is 1730. The summed E-state index contributed by atoms with van der Waals surface area (Å²) in [5.74, 6) is -2.18. The highest BCUT2D eigenvalue weighted by molar-refractivity contribution is 7.13. The third kappa shape index (κ3) is 5.22. The first-order valence-corrected chi connectivity index (χ1v) is 15.4. The molecule has 2 amide bonds. The second-order valence-corrected chi connectivity index (χ2v) is 12.1. The van der Waals surface area contributed by atoms with Gasteiger partial charge in [-0.05, 0) is 48.2 Å². The number of nitrogens with zero attached hydrogens (tertiary/aromatic N) is 6. The third-order valence-corrected chi connectivity index (χ3v) is 9.27. The Labute approximate surface area is 256 Å². The van der Waals surface area contributed by atoms with E-state index >= 15 is 4.39 Å². The number of benzene rings is 2. The number of piperazine rings is 1. The van der Waals surface area contributed by atoms with Gasteiger partial charge in [-0.2, -0.15) is 0 Å². The highest BCUT2D eigenvalue weighted by Crippen LogP contribution is 2.38. The number of carbonyl (C=O) groups excluding carboxylic acids is 2. The normalized spacial score (nSPS) is 17.1. The second kappa shape index (κ2) is 11.5. The summed E-state index contributed by atoms with van der Waals surface area (Å²) in [6.07, 6.45) is 4.97. The Balaban J connectivity index is 1.14. The summed E-state index contributed by atoms with van der Waals surface area (Å²) in [6, 6.07) is 9.82. The number of anilines is 2. The molecule has 0 bridgehead atoms. The van der Waals surface area contributed by atoms with Crippen LogP contribution in [0.3, 0.4) is 0 Å². The van der Waals surface area contributed by atoms with Crippen molar-refractivity contribution in [2.24, 2.45) is 0 Å². The standard InChI is InChI=1S/C31H30FN7O4S/c32-24-15-20(19-3-5-21(6-4-19)37-11-9-36(10-12-37)17-26(40)41)14-22-23(24)16-39(30(22)43)28(29(42)35-31-33-7-13-44-31)27-25-2-1-8-38(25)18-34-27/h3-7,13-15,18,28H,1-2,8-12,16-17H2,(H,40,41)(H,33,35,42). The molecule has 44 heavy (non-hydrogen) atoms. The number of amides is 2. The zero-order valence-electron chi connectivity index (χ0n) is 23.8. The van der Waals surface area contributed by atoms with Crippen molar-refractivity contribution in [1.29, 1.82) is 0 Å². The van der Waals surface area contributed by atoms with Crippen LogP contribution >= 0.6 is 11.3 Å². The summed E-state index contributed by atoms with van der Waals surface area (Å²) in [5, 5.41) is 14.0. The van der Waals surface area contributed by atoms with E-state index in [-0.39, 0.29) is 24.2 Å². The first kappa shape index (κ1) is 28.2. The Morgan fingerprint density at radius 3 is 2.57 bits per heavy atom. The van der Waals surface area contributed by atoms with Crippen LogP contribution in [0, 0.1) is 5.82 Å². The van der Waals surface area contributed by atoms with E-state index in [0.717, 1.165) is 36.3 Å². The van der Waals surface area contributed by atoms with Crippen LogP contribution in [0.15, 0.2) is 54.3 Å². The molecule has 1 saturated heterocycles. The molecule has 5 heterocycles. The van der Waals surface area contributed by atoms with Gasteiger partial charge in [-0.3, -0.25) is 24.6 Å². The summed E-state index contributed by atoms with van der Waals surface area (Å²) < 4.78 is 17.7. The number of aliphatic carboxylic acids is 1. The molecule has 2 N–H and O–H groups in total. The molecule has 2 aromatic heterocycles. The smallest absolute Gasteiger partial charge is 0.317 e. The van der Waals surface area contributed by atoms with E-state index in [2.05, 4.69) is 20.2 Å². The van der Waals surface area contributed by atoms with Crippen LogP contribution in [-0.2, 0) is 29.1 Å². The molecule has 0 aliphatic carbocycles. The number of hydrogen-bond donors (Lipinski definition) is 2. The molecule has 0 saturated carbocycles. The topological polar surface area (TPSA) is 124 Å². The number of halogens is 1. The van der Waals surface area contributed by atoms with Gasteiger partial charge >= 0.3 is 5.97 Å². The van der Waals surface area contributed by atoms with Gasteiger partial charge in [-0.1, -0.05) is 12.1 Å². The summed E-state index contributed by atoms with van der Waals surface area (Å²) in [6.45, 7) is 3.53. The minimum absolute atomic E-state index is 0.0362. The SMILES string of the molecule is O=C(O)CN1CCN(c2ccc(-c3cc(F)c4c(c3)C(=O)N(C(C(=O)Nc3nccs3)c3ncn5c3CCC5)C4)cc2)CC1. The van der Waals surface area contributed by atoms with Crippen molar-refractivity contribution in [3.8, 4) is 11.1 Å². The van der Waals surface area contributed by atoms with Crippen molar-refractivity contribution in [2.45, 2.75) is 32.0 Å². The van der Waals surface area contributed by atoms with Gasteiger partial charge < -0.3 is 19.5 Å². The molecular formula is C31H30FN7O4S. The quantitative estimate of drug-likeness (QED) is 0.308. The van der Waals surface area contributed by atoms with E-state index in [0.29, 0.717) is 42.6 Å². The number of hydrogen-bond acceptors (Lipinski definition) is 8. The van der Waals surface area contributed by atoms with Gasteiger partial charge in [0.05, 0.1) is 25.1 Å². The monoisotopic (exact) mass is 615 g/mol. The fraction of sp³-hybridized carbons (Fsp3) is 0.323. The Hall–Kier alpha value is -4.62. The molecule has 3 aliphatic rings. The number of rotatable bonds is 8. The van der Waals surface area contributed by atoms with E-state index < -0.39 is 29.6 Å². The second-order valence-electron chi connectivity index (χ2n) is 11.2. The average Bonchev–Trinajstić information content (AvgIpc) is 3.82. The number of carboxylic acid groups (broad SMARTS) is 1. The maximum atomic E-state index is 15.7. The fourth-order valence-electron chi connectivity index (χ4n) is 6.39. The summed E-state index contributed by atoms with van der Waals surface area (Å²) in [4.78, 5) is 52.8. The molecule has 226 valence electrons. The number of carboxylic acids is 1. The zero-order valence-corrected chi connectivity index (χ0v) is 24.6. The minimum Gasteiger partial charge on any atom is -0.480 e. The van der Waals surface area contributed by atoms with Gasteiger partial charge in [0.15, 0.2) is 11.2 Å². The molecule has 0 spiro atoms. The highest BCUT2D eigenvalue weighted by atomic mass is 32.1. The Kier molecular flexibility index (Phi) is 7.34.